The van der Waals surface area contributed by atoms with Crippen molar-refractivity contribution in [1.82, 2.24) is 15.5 Å². The molecular formula is C26H38IN5O. The average Bonchev–Trinajstić information content (AvgIpc) is 3.32. The summed E-state index contributed by atoms with van der Waals surface area (Å²) in [5.74, 6) is 1.54. The molecule has 7 heteroatoms. The Hall–Kier alpha value is -1.84. The maximum atomic E-state index is 5.49. The number of ether oxygens (including phenoxy) is 1. The van der Waals surface area contributed by atoms with E-state index in [0.717, 1.165) is 65.0 Å². The lowest BCUT2D eigenvalue weighted by Crippen LogP contribution is -2.40. The van der Waals surface area contributed by atoms with Crippen molar-refractivity contribution >= 4 is 35.6 Å². The van der Waals surface area contributed by atoms with Gasteiger partial charge in [-0.3, -0.25) is 4.90 Å². The molecule has 0 aromatic heterocycles. The second-order valence-electron chi connectivity index (χ2n) is 8.67. The maximum absolute atomic E-state index is 5.49. The lowest BCUT2D eigenvalue weighted by molar-refractivity contribution is 0.0341. The van der Waals surface area contributed by atoms with Crippen LogP contribution in [0.25, 0.3) is 0 Å². The average molecular weight is 564 g/mol. The van der Waals surface area contributed by atoms with Crippen LogP contribution in [-0.4, -0.2) is 63.3 Å². The van der Waals surface area contributed by atoms with E-state index in [1.165, 1.54) is 23.2 Å². The van der Waals surface area contributed by atoms with Gasteiger partial charge >= 0.3 is 0 Å². The molecule has 2 fully saturated rings. The van der Waals surface area contributed by atoms with Crippen molar-refractivity contribution in [3.8, 4) is 0 Å². The predicted octanol–water partition coefficient (Wildman–Crippen LogP) is 3.72. The molecule has 1 unspecified atom stereocenters. The zero-order valence-corrected chi connectivity index (χ0v) is 22.0. The van der Waals surface area contributed by atoms with Crippen molar-refractivity contribution in [3.05, 3.63) is 65.7 Å². The molecule has 2 aliphatic rings. The molecule has 6 nitrogen and oxygen atoms in total. The molecule has 2 aromatic carbocycles. The summed E-state index contributed by atoms with van der Waals surface area (Å²) in [7, 11) is 0. The fraction of sp³-hybridized carbons (Fsp3) is 0.500. The van der Waals surface area contributed by atoms with Crippen molar-refractivity contribution in [2.75, 3.05) is 57.4 Å². The minimum absolute atomic E-state index is 0. The van der Waals surface area contributed by atoms with Gasteiger partial charge in [0, 0.05) is 51.5 Å². The van der Waals surface area contributed by atoms with E-state index >= 15 is 0 Å². The molecule has 2 heterocycles. The molecule has 0 amide bonds. The molecule has 180 valence electrons. The number of nitrogens with zero attached hydrogens (tertiary/aromatic N) is 3. The van der Waals surface area contributed by atoms with Crippen molar-refractivity contribution < 1.29 is 4.74 Å². The smallest absolute Gasteiger partial charge is 0.191 e. The summed E-state index contributed by atoms with van der Waals surface area (Å²) in [5.41, 5.74) is 3.99. The zero-order chi connectivity index (χ0) is 22.0. The molecule has 0 spiro atoms. The monoisotopic (exact) mass is 563 g/mol. The fourth-order valence-corrected chi connectivity index (χ4v) is 4.49. The van der Waals surface area contributed by atoms with Crippen molar-refractivity contribution in [1.29, 1.82) is 0 Å². The number of guanidine groups is 1. The van der Waals surface area contributed by atoms with Gasteiger partial charge in [-0.25, -0.2) is 4.99 Å². The molecule has 4 rings (SSSR count). The Labute approximate surface area is 215 Å². The van der Waals surface area contributed by atoms with Crippen LogP contribution < -0.4 is 15.5 Å². The highest BCUT2D eigenvalue weighted by molar-refractivity contribution is 14.0. The summed E-state index contributed by atoms with van der Waals surface area (Å²) < 4.78 is 5.49. The number of anilines is 1. The van der Waals surface area contributed by atoms with E-state index in [1.807, 2.05) is 0 Å². The lowest BCUT2D eigenvalue weighted by atomic mass is 10.1. The van der Waals surface area contributed by atoms with Gasteiger partial charge in [0.1, 0.15) is 0 Å². The second kappa shape index (κ2) is 13.8. The highest BCUT2D eigenvalue weighted by atomic mass is 127. The quantitative estimate of drug-likeness (QED) is 0.292. The fourth-order valence-electron chi connectivity index (χ4n) is 4.49. The van der Waals surface area contributed by atoms with Crippen LogP contribution in [0.3, 0.4) is 0 Å². The van der Waals surface area contributed by atoms with Crippen molar-refractivity contribution in [2.24, 2.45) is 10.9 Å². The Morgan fingerprint density at radius 1 is 0.970 bits per heavy atom. The summed E-state index contributed by atoms with van der Waals surface area (Å²) in [6.07, 6.45) is 1.21. The second-order valence-corrected chi connectivity index (χ2v) is 8.67. The third-order valence-electron chi connectivity index (χ3n) is 6.33. The largest absolute Gasteiger partial charge is 0.379 e. The summed E-state index contributed by atoms with van der Waals surface area (Å²) in [4.78, 5) is 9.86. The summed E-state index contributed by atoms with van der Waals surface area (Å²) in [6.45, 7) is 11.5. The number of hydrogen-bond donors (Lipinski definition) is 2. The summed E-state index contributed by atoms with van der Waals surface area (Å²) >= 11 is 0. The van der Waals surface area contributed by atoms with E-state index in [9.17, 15) is 0 Å². The topological polar surface area (TPSA) is 52.1 Å². The maximum Gasteiger partial charge on any atom is 0.191 e. The highest BCUT2D eigenvalue weighted by Gasteiger charge is 2.22. The van der Waals surface area contributed by atoms with Crippen LogP contribution in [-0.2, 0) is 17.8 Å². The van der Waals surface area contributed by atoms with E-state index in [4.69, 9.17) is 9.73 Å². The van der Waals surface area contributed by atoms with Crippen LogP contribution >= 0.6 is 24.0 Å². The van der Waals surface area contributed by atoms with Crippen LogP contribution in [0.2, 0.25) is 0 Å². The van der Waals surface area contributed by atoms with E-state index in [2.05, 4.69) is 82.0 Å². The Morgan fingerprint density at radius 2 is 1.70 bits per heavy atom. The molecular weight excluding hydrogens is 525 g/mol. The van der Waals surface area contributed by atoms with E-state index in [0.29, 0.717) is 12.5 Å². The molecule has 0 saturated carbocycles. The van der Waals surface area contributed by atoms with Crippen LogP contribution in [0.15, 0.2) is 59.6 Å². The third kappa shape index (κ3) is 7.86. The van der Waals surface area contributed by atoms with Crippen molar-refractivity contribution in [2.45, 2.75) is 26.4 Å². The predicted molar refractivity (Wildman–Crippen MR) is 148 cm³/mol. The van der Waals surface area contributed by atoms with E-state index in [-0.39, 0.29) is 24.0 Å². The molecule has 2 aromatic rings. The lowest BCUT2D eigenvalue weighted by Gasteiger charge is -2.27. The molecule has 33 heavy (non-hydrogen) atoms. The van der Waals surface area contributed by atoms with Gasteiger partial charge in [-0.15, -0.1) is 24.0 Å². The first kappa shape index (κ1) is 25.8. The number of hydrogen-bond acceptors (Lipinski definition) is 4. The molecule has 2 N–H and O–H groups in total. The van der Waals surface area contributed by atoms with Gasteiger partial charge in [0.25, 0.3) is 0 Å². The van der Waals surface area contributed by atoms with Crippen LogP contribution in [0.1, 0.15) is 24.5 Å². The number of halogens is 1. The van der Waals surface area contributed by atoms with Gasteiger partial charge in [-0.1, -0.05) is 42.5 Å². The van der Waals surface area contributed by atoms with Crippen LogP contribution in [0.5, 0.6) is 0 Å². The normalized spacial score (nSPS) is 19.2. The Kier molecular flexibility index (Phi) is 10.8. The molecule has 1 atom stereocenters. The minimum atomic E-state index is 0. The molecule has 0 radical (unpaired) electrons. The SMILES string of the molecule is CCNC(=NCc1ccccc1CN1CCOCC1)NCC1CCN(c2ccccc2)C1.I. The van der Waals surface area contributed by atoms with Gasteiger partial charge in [-0.05, 0) is 42.5 Å². The minimum Gasteiger partial charge on any atom is -0.379 e. The number of rotatable bonds is 8. The number of para-hydroxylation sites is 1. The third-order valence-corrected chi connectivity index (χ3v) is 6.33. The van der Waals surface area contributed by atoms with Crippen molar-refractivity contribution in [3.63, 3.8) is 0 Å². The molecule has 2 aliphatic heterocycles. The van der Waals surface area contributed by atoms with E-state index in [1.54, 1.807) is 0 Å². The molecule has 0 bridgehead atoms. The van der Waals surface area contributed by atoms with Crippen LogP contribution in [0, 0.1) is 5.92 Å². The molecule has 2 saturated heterocycles. The van der Waals surface area contributed by atoms with Gasteiger partial charge in [0.05, 0.1) is 19.8 Å². The van der Waals surface area contributed by atoms with Gasteiger partial charge in [-0.2, -0.15) is 0 Å². The van der Waals surface area contributed by atoms with Gasteiger partial charge < -0.3 is 20.3 Å². The summed E-state index contributed by atoms with van der Waals surface area (Å²) in [5, 5.41) is 7.01. The standard InChI is InChI=1S/C26H37N5O.HI/c1-2-27-26(28-18-22-12-13-31(20-22)25-10-4-3-5-11-25)29-19-23-8-6-7-9-24(23)21-30-14-16-32-17-15-30;/h3-11,22H,2,12-21H2,1H3,(H2,27,28,29);1H. The number of nitrogens with one attached hydrogen (secondary N) is 2. The Balaban J connectivity index is 0.00000306. The first-order valence-electron chi connectivity index (χ1n) is 12.0. The summed E-state index contributed by atoms with van der Waals surface area (Å²) in [6, 6.07) is 19.4. The zero-order valence-electron chi connectivity index (χ0n) is 19.7. The first-order chi connectivity index (χ1) is 15.8. The van der Waals surface area contributed by atoms with Crippen LogP contribution in [0.4, 0.5) is 5.69 Å². The number of benzene rings is 2. The van der Waals surface area contributed by atoms with Gasteiger partial charge in [0.2, 0.25) is 0 Å². The Bertz CT molecular complexity index is 857. The number of morpholine rings is 1. The molecule has 0 aliphatic carbocycles. The number of aliphatic imine (C=N–C) groups is 1. The Morgan fingerprint density at radius 3 is 2.45 bits per heavy atom. The van der Waals surface area contributed by atoms with Gasteiger partial charge in [0.15, 0.2) is 5.96 Å². The van der Waals surface area contributed by atoms with E-state index < -0.39 is 0 Å². The highest BCUT2D eigenvalue weighted by Crippen LogP contribution is 2.23. The first-order valence-corrected chi connectivity index (χ1v) is 12.0.